The van der Waals surface area contributed by atoms with Crippen molar-refractivity contribution in [3.63, 3.8) is 0 Å². The van der Waals surface area contributed by atoms with E-state index in [1.807, 2.05) is 61.5 Å². The normalized spacial score (nSPS) is 11.2. The molecule has 1 N–H and O–H groups in total. The van der Waals surface area contributed by atoms with Crippen LogP contribution in [0.2, 0.25) is 0 Å². The maximum atomic E-state index is 13.2. The molecule has 0 fully saturated rings. The van der Waals surface area contributed by atoms with E-state index in [0.29, 0.717) is 11.7 Å². The van der Waals surface area contributed by atoms with Crippen molar-refractivity contribution in [3.05, 3.63) is 95.9 Å². The smallest absolute Gasteiger partial charge is 0.192 e. The third kappa shape index (κ3) is 3.94. The van der Waals surface area contributed by atoms with E-state index in [-0.39, 0.29) is 11.5 Å². The van der Waals surface area contributed by atoms with Gasteiger partial charge in [-0.15, -0.1) is 10.2 Å². The first-order chi connectivity index (χ1) is 15.7. The van der Waals surface area contributed by atoms with Crippen LogP contribution in [-0.2, 0) is 6.54 Å². The van der Waals surface area contributed by atoms with Gasteiger partial charge in [-0.25, -0.2) is 0 Å². The second-order valence-electron chi connectivity index (χ2n) is 7.50. The first-order valence-corrected chi connectivity index (χ1v) is 11.3. The molecule has 0 radical (unpaired) electrons. The van der Waals surface area contributed by atoms with Crippen LogP contribution in [0.25, 0.3) is 22.3 Å². The van der Waals surface area contributed by atoms with Gasteiger partial charge in [0.25, 0.3) is 0 Å². The zero-order valence-corrected chi connectivity index (χ0v) is 18.3. The van der Waals surface area contributed by atoms with Crippen LogP contribution in [0.1, 0.15) is 21.6 Å². The Hall–Kier alpha value is -3.71. The number of aryl methyl sites for hydroxylation is 1. The Labute approximate surface area is 189 Å². The molecule has 5 aromatic rings. The minimum absolute atomic E-state index is 0.0738. The Bertz CT molecular complexity index is 1380. The van der Waals surface area contributed by atoms with Crippen LogP contribution in [0.4, 0.5) is 0 Å². The Kier molecular flexibility index (Phi) is 5.56. The zero-order chi connectivity index (χ0) is 21.9. The summed E-state index contributed by atoms with van der Waals surface area (Å²) in [5.41, 5.74) is 4.69. The fraction of sp³-hybridized carbons (Fsp3) is 0.120. The van der Waals surface area contributed by atoms with Crippen LogP contribution in [-0.4, -0.2) is 36.3 Å². The monoisotopic (exact) mass is 439 g/mol. The topological polar surface area (TPSA) is 76.5 Å². The van der Waals surface area contributed by atoms with Crippen molar-refractivity contribution in [2.24, 2.45) is 0 Å². The predicted molar refractivity (Wildman–Crippen MR) is 127 cm³/mol. The number of carbonyl (C=O) groups excluding carboxylic acids is 1. The quantitative estimate of drug-likeness (QED) is 0.280. The summed E-state index contributed by atoms with van der Waals surface area (Å²) in [5, 5.41) is 10.5. The van der Waals surface area contributed by atoms with Crippen molar-refractivity contribution < 1.29 is 4.79 Å². The number of hydrogen-bond donors (Lipinski definition) is 1. The number of nitrogens with one attached hydrogen (secondary N) is 1. The summed E-state index contributed by atoms with van der Waals surface area (Å²) in [4.78, 5) is 20.6. The van der Waals surface area contributed by atoms with Gasteiger partial charge in [-0.1, -0.05) is 60.3 Å². The van der Waals surface area contributed by atoms with E-state index >= 15 is 0 Å². The van der Waals surface area contributed by atoms with Crippen LogP contribution in [0.3, 0.4) is 0 Å². The molecule has 3 heterocycles. The molecular formula is C25H21N5OS. The number of Topliss-reactive ketones (excluding diaryl/α,β-unsaturated/α-hetero) is 1. The third-order valence-electron chi connectivity index (χ3n) is 5.34. The highest BCUT2D eigenvalue weighted by Crippen LogP contribution is 2.28. The van der Waals surface area contributed by atoms with Crippen LogP contribution >= 0.6 is 11.8 Å². The number of pyridine rings is 1. The number of aromatic amines is 1. The first kappa shape index (κ1) is 20.2. The number of thioether (sulfide) groups is 1. The molecule has 2 aromatic carbocycles. The lowest BCUT2D eigenvalue weighted by molar-refractivity contribution is 0.102. The van der Waals surface area contributed by atoms with Gasteiger partial charge >= 0.3 is 0 Å². The van der Waals surface area contributed by atoms with E-state index in [9.17, 15) is 4.79 Å². The minimum Gasteiger partial charge on any atom is -0.358 e. The average molecular weight is 440 g/mol. The van der Waals surface area contributed by atoms with E-state index < -0.39 is 0 Å². The second kappa shape index (κ2) is 8.80. The number of ketones is 1. The lowest BCUT2D eigenvalue weighted by atomic mass is 10.1. The molecule has 0 atom stereocenters. The highest BCUT2D eigenvalue weighted by Gasteiger charge is 2.19. The van der Waals surface area contributed by atoms with Gasteiger partial charge in [0.05, 0.1) is 12.3 Å². The number of carbonyl (C=O) groups is 1. The Morgan fingerprint density at radius 3 is 2.53 bits per heavy atom. The molecular weight excluding hydrogens is 418 g/mol. The molecule has 32 heavy (non-hydrogen) atoms. The van der Waals surface area contributed by atoms with Crippen LogP contribution in [0.5, 0.6) is 0 Å². The molecule has 0 aliphatic rings. The number of rotatable bonds is 7. The lowest BCUT2D eigenvalue weighted by Crippen LogP contribution is -2.07. The van der Waals surface area contributed by atoms with E-state index in [0.717, 1.165) is 39.1 Å². The number of aromatic nitrogens is 5. The van der Waals surface area contributed by atoms with Gasteiger partial charge in [-0.2, -0.15) is 0 Å². The summed E-state index contributed by atoms with van der Waals surface area (Å²) in [6.07, 6.45) is 3.49. The zero-order valence-electron chi connectivity index (χ0n) is 17.5. The third-order valence-corrected chi connectivity index (χ3v) is 6.31. The SMILES string of the molecule is Cc1[nH]c2ccccc2c1C(=O)CSc1nnc(-c2ccncc2)n1Cc1ccccc1. The largest absolute Gasteiger partial charge is 0.358 e. The van der Waals surface area contributed by atoms with E-state index in [2.05, 4.69) is 36.9 Å². The van der Waals surface area contributed by atoms with Crippen molar-refractivity contribution in [3.8, 4) is 11.4 Å². The van der Waals surface area contributed by atoms with Crippen molar-refractivity contribution in [1.82, 2.24) is 24.7 Å². The van der Waals surface area contributed by atoms with Gasteiger partial charge < -0.3 is 4.98 Å². The standard InChI is InChI=1S/C25H21N5OS/c1-17-23(20-9-5-6-10-21(20)27-17)22(31)16-32-25-29-28-24(19-11-13-26-14-12-19)30(25)15-18-7-3-2-4-8-18/h2-14,27H,15-16H2,1H3. The molecule has 0 spiro atoms. The Morgan fingerprint density at radius 2 is 1.72 bits per heavy atom. The average Bonchev–Trinajstić information content (AvgIpc) is 3.38. The van der Waals surface area contributed by atoms with E-state index in [4.69, 9.17) is 0 Å². The summed E-state index contributed by atoms with van der Waals surface area (Å²) >= 11 is 1.42. The van der Waals surface area contributed by atoms with Crippen molar-refractivity contribution in [1.29, 1.82) is 0 Å². The summed E-state index contributed by atoms with van der Waals surface area (Å²) in [7, 11) is 0. The predicted octanol–water partition coefficient (Wildman–Crippen LogP) is 5.15. The van der Waals surface area contributed by atoms with E-state index in [1.165, 1.54) is 11.8 Å². The molecule has 0 amide bonds. The Morgan fingerprint density at radius 1 is 0.969 bits per heavy atom. The molecule has 0 unspecified atom stereocenters. The lowest BCUT2D eigenvalue weighted by Gasteiger charge is -2.10. The Balaban J connectivity index is 1.45. The van der Waals surface area contributed by atoms with Gasteiger partial charge in [-0.05, 0) is 30.7 Å². The first-order valence-electron chi connectivity index (χ1n) is 10.3. The minimum atomic E-state index is 0.0738. The number of H-pyrrole nitrogens is 1. The summed E-state index contributed by atoms with van der Waals surface area (Å²) in [6, 6.07) is 21.9. The highest BCUT2D eigenvalue weighted by atomic mass is 32.2. The van der Waals surface area contributed by atoms with Gasteiger partial charge in [-0.3, -0.25) is 14.3 Å². The van der Waals surface area contributed by atoms with Crippen molar-refractivity contribution in [2.45, 2.75) is 18.6 Å². The van der Waals surface area contributed by atoms with Gasteiger partial charge in [0.15, 0.2) is 16.8 Å². The molecule has 3 aromatic heterocycles. The molecule has 0 bridgehead atoms. The molecule has 0 aliphatic carbocycles. The number of benzene rings is 2. The number of nitrogens with zero attached hydrogens (tertiary/aromatic N) is 4. The van der Waals surface area contributed by atoms with Crippen LogP contribution in [0, 0.1) is 6.92 Å². The van der Waals surface area contributed by atoms with Gasteiger partial charge in [0, 0.05) is 40.1 Å². The fourth-order valence-electron chi connectivity index (χ4n) is 3.86. The summed E-state index contributed by atoms with van der Waals surface area (Å²) < 4.78 is 2.06. The second-order valence-corrected chi connectivity index (χ2v) is 8.44. The number of hydrogen-bond acceptors (Lipinski definition) is 5. The van der Waals surface area contributed by atoms with Crippen molar-refractivity contribution >= 4 is 28.4 Å². The van der Waals surface area contributed by atoms with Crippen LogP contribution < -0.4 is 0 Å². The molecule has 0 aliphatic heterocycles. The molecule has 7 heteroatoms. The van der Waals surface area contributed by atoms with Crippen molar-refractivity contribution in [2.75, 3.05) is 5.75 Å². The maximum absolute atomic E-state index is 13.2. The molecule has 0 saturated carbocycles. The molecule has 6 nitrogen and oxygen atoms in total. The van der Waals surface area contributed by atoms with Crippen LogP contribution in [0.15, 0.2) is 84.3 Å². The van der Waals surface area contributed by atoms with E-state index in [1.54, 1.807) is 12.4 Å². The molecule has 158 valence electrons. The van der Waals surface area contributed by atoms with Gasteiger partial charge in [0.1, 0.15) is 0 Å². The molecule has 0 saturated heterocycles. The molecule has 5 rings (SSSR count). The highest BCUT2D eigenvalue weighted by molar-refractivity contribution is 7.99. The summed E-state index contributed by atoms with van der Waals surface area (Å²) in [6.45, 7) is 2.56. The number of para-hydroxylation sites is 1. The maximum Gasteiger partial charge on any atom is 0.192 e. The fourth-order valence-corrected chi connectivity index (χ4v) is 4.67. The van der Waals surface area contributed by atoms with Gasteiger partial charge in [0.2, 0.25) is 0 Å². The summed E-state index contributed by atoms with van der Waals surface area (Å²) in [5.74, 6) is 1.12. The number of fused-ring (bicyclic) bond motifs is 1.